The number of aliphatic imine (C=N–C) groups is 1. The Morgan fingerprint density at radius 2 is 1.95 bits per heavy atom. The summed E-state index contributed by atoms with van der Waals surface area (Å²) in [5.41, 5.74) is 5.92. The zero-order valence-corrected chi connectivity index (χ0v) is 12.3. The number of thioether (sulfide) groups is 1. The second-order valence-corrected chi connectivity index (χ2v) is 6.40. The van der Waals surface area contributed by atoms with Crippen LogP contribution in [0.3, 0.4) is 0 Å². The van der Waals surface area contributed by atoms with Crippen LogP contribution >= 0.6 is 11.8 Å². The number of nitrogens with one attached hydrogen (secondary N) is 1. The van der Waals surface area contributed by atoms with Crippen LogP contribution in [-0.4, -0.2) is 53.9 Å². The van der Waals surface area contributed by atoms with E-state index >= 15 is 0 Å². The third-order valence-electron chi connectivity index (χ3n) is 3.69. The van der Waals surface area contributed by atoms with E-state index in [-0.39, 0.29) is 12.5 Å². The Morgan fingerprint density at radius 1 is 1.26 bits per heavy atom. The van der Waals surface area contributed by atoms with Crippen molar-refractivity contribution < 1.29 is 4.79 Å². The number of nitrogens with two attached hydrogens (primary N) is 1. The molecule has 0 radical (unpaired) electrons. The van der Waals surface area contributed by atoms with Gasteiger partial charge in [0.05, 0.1) is 0 Å². The molecule has 2 fully saturated rings. The van der Waals surface area contributed by atoms with Gasteiger partial charge in [0.15, 0.2) is 5.96 Å². The van der Waals surface area contributed by atoms with E-state index in [9.17, 15) is 4.79 Å². The van der Waals surface area contributed by atoms with E-state index in [0.717, 1.165) is 37.4 Å². The average molecular weight is 284 g/mol. The molecule has 6 heteroatoms. The molecule has 19 heavy (non-hydrogen) atoms. The fourth-order valence-electron chi connectivity index (χ4n) is 2.57. The zero-order chi connectivity index (χ0) is 13.5. The minimum Gasteiger partial charge on any atom is -0.370 e. The van der Waals surface area contributed by atoms with Crippen molar-refractivity contribution in [3.05, 3.63) is 0 Å². The van der Waals surface area contributed by atoms with Crippen molar-refractivity contribution in [2.24, 2.45) is 10.7 Å². The molecule has 1 saturated carbocycles. The zero-order valence-electron chi connectivity index (χ0n) is 11.4. The first kappa shape index (κ1) is 14.5. The molecule has 0 aromatic heterocycles. The normalized spacial score (nSPS) is 22.3. The minimum atomic E-state index is 0.00114. The predicted octanol–water partition coefficient (Wildman–Crippen LogP) is 0.799. The van der Waals surface area contributed by atoms with Gasteiger partial charge >= 0.3 is 0 Å². The van der Waals surface area contributed by atoms with Crippen molar-refractivity contribution in [3.8, 4) is 0 Å². The summed E-state index contributed by atoms with van der Waals surface area (Å²) in [6, 6.07) is 0.351. The van der Waals surface area contributed by atoms with Gasteiger partial charge in [0, 0.05) is 30.6 Å². The summed E-state index contributed by atoms with van der Waals surface area (Å²) in [6.45, 7) is 2.03. The van der Waals surface area contributed by atoms with Crippen LogP contribution in [0.15, 0.2) is 4.99 Å². The van der Waals surface area contributed by atoms with Crippen molar-refractivity contribution in [3.63, 3.8) is 0 Å². The van der Waals surface area contributed by atoms with Gasteiger partial charge in [-0.3, -0.25) is 4.79 Å². The average Bonchev–Trinajstić information content (AvgIpc) is 2.47. The molecule has 2 aliphatic rings. The first-order chi connectivity index (χ1) is 9.25. The third-order valence-corrected chi connectivity index (χ3v) is 4.63. The molecule has 0 unspecified atom stereocenters. The maximum Gasteiger partial charge on any atom is 0.242 e. The van der Waals surface area contributed by atoms with Crippen molar-refractivity contribution in [1.82, 2.24) is 10.2 Å². The number of carbonyl (C=O) groups is 1. The quantitative estimate of drug-likeness (QED) is 0.594. The molecule has 1 aliphatic carbocycles. The van der Waals surface area contributed by atoms with Crippen LogP contribution in [0.5, 0.6) is 0 Å². The number of amides is 1. The standard InChI is InChI=1S/C13H24N4OS/c14-13(17-6-8-19-9-7-17)15-10-12(18)16-11-4-2-1-3-5-11/h11H,1-10H2,(H2,14,15)(H,16,18). The molecule has 1 heterocycles. The minimum absolute atomic E-state index is 0.00114. The molecule has 108 valence electrons. The van der Waals surface area contributed by atoms with Crippen LogP contribution in [0.4, 0.5) is 0 Å². The third kappa shape index (κ3) is 4.93. The summed E-state index contributed by atoms with van der Waals surface area (Å²) in [5.74, 6) is 2.69. The topological polar surface area (TPSA) is 70.7 Å². The van der Waals surface area contributed by atoms with Crippen LogP contribution in [0.25, 0.3) is 0 Å². The van der Waals surface area contributed by atoms with Crippen LogP contribution < -0.4 is 11.1 Å². The van der Waals surface area contributed by atoms with E-state index in [1.165, 1.54) is 19.3 Å². The van der Waals surface area contributed by atoms with Gasteiger partial charge in [-0.15, -0.1) is 0 Å². The maximum absolute atomic E-state index is 11.8. The van der Waals surface area contributed by atoms with E-state index in [2.05, 4.69) is 15.2 Å². The Bertz CT molecular complexity index is 323. The Hall–Kier alpha value is -0.910. The van der Waals surface area contributed by atoms with E-state index < -0.39 is 0 Å². The van der Waals surface area contributed by atoms with Gasteiger partial charge in [-0.1, -0.05) is 19.3 Å². The van der Waals surface area contributed by atoms with Crippen molar-refractivity contribution in [1.29, 1.82) is 0 Å². The predicted molar refractivity (Wildman–Crippen MR) is 80.4 cm³/mol. The van der Waals surface area contributed by atoms with Crippen LogP contribution in [0.1, 0.15) is 32.1 Å². The van der Waals surface area contributed by atoms with Gasteiger partial charge in [0.2, 0.25) is 5.91 Å². The monoisotopic (exact) mass is 284 g/mol. The molecule has 0 aromatic carbocycles. The van der Waals surface area contributed by atoms with Crippen LogP contribution in [0, 0.1) is 0 Å². The number of nitrogens with zero attached hydrogens (tertiary/aromatic N) is 2. The van der Waals surface area contributed by atoms with Crippen LogP contribution in [0.2, 0.25) is 0 Å². The van der Waals surface area contributed by atoms with Crippen LogP contribution in [-0.2, 0) is 4.79 Å². The number of hydrogen-bond donors (Lipinski definition) is 2. The Balaban J connectivity index is 1.71. The molecular formula is C13H24N4OS. The summed E-state index contributed by atoms with van der Waals surface area (Å²) in [5, 5.41) is 3.05. The lowest BCUT2D eigenvalue weighted by atomic mass is 9.95. The largest absolute Gasteiger partial charge is 0.370 e. The lowest BCUT2D eigenvalue weighted by Gasteiger charge is -2.27. The summed E-state index contributed by atoms with van der Waals surface area (Å²) in [7, 11) is 0. The van der Waals surface area contributed by atoms with E-state index in [1.807, 2.05) is 11.8 Å². The molecule has 0 spiro atoms. The first-order valence-corrected chi connectivity index (χ1v) is 8.33. The first-order valence-electron chi connectivity index (χ1n) is 7.17. The Morgan fingerprint density at radius 3 is 2.63 bits per heavy atom. The lowest BCUT2D eigenvalue weighted by Crippen LogP contribution is -2.43. The number of guanidine groups is 1. The lowest BCUT2D eigenvalue weighted by molar-refractivity contribution is -0.120. The summed E-state index contributed by atoms with van der Waals surface area (Å²) in [4.78, 5) is 18.1. The van der Waals surface area contributed by atoms with Crippen molar-refractivity contribution in [2.75, 3.05) is 31.1 Å². The fraction of sp³-hybridized carbons (Fsp3) is 0.846. The molecule has 3 N–H and O–H groups in total. The van der Waals surface area contributed by atoms with Gasteiger partial charge in [0.25, 0.3) is 0 Å². The molecule has 1 aliphatic heterocycles. The SMILES string of the molecule is NC(=NCC(=O)NC1CCCCC1)N1CCSCC1. The second kappa shape index (κ2) is 7.62. The van der Waals surface area contributed by atoms with Gasteiger partial charge in [-0.05, 0) is 12.8 Å². The summed E-state index contributed by atoms with van der Waals surface area (Å²) in [6.07, 6.45) is 5.95. The Kier molecular flexibility index (Phi) is 5.82. The van der Waals surface area contributed by atoms with E-state index in [4.69, 9.17) is 5.73 Å². The van der Waals surface area contributed by atoms with Gasteiger partial charge < -0.3 is 16.0 Å². The molecular weight excluding hydrogens is 260 g/mol. The highest BCUT2D eigenvalue weighted by Gasteiger charge is 2.16. The molecule has 1 amide bonds. The fourth-order valence-corrected chi connectivity index (χ4v) is 3.47. The number of rotatable bonds is 3. The maximum atomic E-state index is 11.8. The molecule has 1 saturated heterocycles. The van der Waals surface area contributed by atoms with Gasteiger partial charge in [-0.25, -0.2) is 4.99 Å². The summed E-state index contributed by atoms with van der Waals surface area (Å²) < 4.78 is 0. The highest BCUT2D eigenvalue weighted by atomic mass is 32.2. The Labute approximate surface area is 119 Å². The van der Waals surface area contributed by atoms with E-state index in [1.54, 1.807) is 0 Å². The molecule has 0 bridgehead atoms. The smallest absolute Gasteiger partial charge is 0.242 e. The van der Waals surface area contributed by atoms with Crippen molar-refractivity contribution in [2.45, 2.75) is 38.1 Å². The molecule has 0 aromatic rings. The molecule has 5 nitrogen and oxygen atoms in total. The van der Waals surface area contributed by atoms with E-state index in [0.29, 0.717) is 12.0 Å². The van der Waals surface area contributed by atoms with Crippen molar-refractivity contribution >= 4 is 23.6 Å². The molecule has 0 atom stereocenters. The highest BCUT2D eigenvalue weighted by molar-refractivity contribution is 7.99. The summed E-state index contributed by atoms with van der Waals surface area (Å²) >= 11 is 1.93. The molecule has 2 rings (SSSR count). The second-order valence-electron chi connectivity index (χ2n) is 5.18. The van der Waals surface area contributed by atoms with Gasteiger partial charge in [0.1, 0.15) is 6.54 Å². The number of hydrogen-bond acceptors (Lipinski definition) is 3. The van der Waals surface area contributed by atoms with Gasteiger partial charge in [-0.2, -0.15) is 11.8 Å². The highest BCUT2D eigenvalue weighted by Crippen LogP contribution is 2.17. The number of carbonyl (C=O) groups excluding carboxylic acids is 1.